The molecule has 0 bridgehead atoms. The Labute approximate surface area is 197 Å². The van der Waals surface area contributed by atoms with Gasteiger partial charge in [0.15, 0.2) is 17.3 Å². The molecule has 0 spiro atoms. The minimum atomic E-state index is -0.590. The SMILES string of the molecule is CC(C)(C)c1ccc(C2(CCCN3CCC(c4nc5ccccc5o4)CC3)OCCO2)cc1. The molecule has 2 fully saturated rings. The van der Waals surface area contributed by atoms with E-state index in [-0.39, 0.29) is 5.41 Å². The molecule has 0 aliphatic carbocycles. The summed E-state index contributed by atoms with van der Waals surface area (Å²) >= 11 is 0. The van der Waals surface area contributed by atoms with Crippen molar-refractivity contribution in [1.29, 1.82) is 0 Å². The third-order valence-electron chi connectivity index (χ3n) is 7.17. The molecule has 0 radical (unpaired) electrons. The monoisotopic (exact) mass is 448 g/mol. The molecule has 2 saturated heterocycles. The smallest absolute Gasteiger partial charge is 0.198 e. The van der Waals surface area contributed by atoms with Crippen LogP contribution in [-0.2, 0) is 20.7 Å². The van der Waals surface area contributed by atoms with Crippen LogP contribution >= 0.6 is 0 Å². The Hall–Kier alpha value is -2.21. The van der Waals surface area contributed by atoms with E-state index >= 15 is 0 Å². The lowest BCUT2D eigenvalue weighted by atomic mass is 9.86. The average molecular weight is 449 g/mol. The molecule has 0 N–H and O–H groups in total. The zero-order chi connectivity index (χ0) is 22.9. The molecule has 5 rings (SSSR count). The molecule has 2 aromatic carbocycles. The number of piperidine rings is 1. The molecule has 0 saturated carbocycles. The Morgan fingerprint density at radius 3 is 2.33 bits per heavy atom. The van der Waals surface area contributed by atoms with E-state index in [4.69, 9.17) is 18.9 Å². The highest BCUT2D eigenvalue weighted by Gasteiger charge is 2.38. The predicted octanol–water partition coefficient (Wildman–Crippen LogP) is 5.98. The number of para-hydroxylation sites is 2. The van der Waals surface area contributed by atoms with Crippen LogP contribution in [0, 0.1) is 0 Å². The van der Waals surface area contributed by atoms with Crippen molar-refractivity contribution in [2.45, 2.75) is 63.6 Å². The first-order valence-corrected chi connectivity index (χ1v) is 12.4. The topological polar surface area (TPSA) is 47.7 Å². The summed E-state index contributed by atoms with van der Waals surface area (Å²) in [4.78, 5) is 7.28. The van der Waals surface area contributed by atoms with Gasteiger partial charge in [0.05, 0.1) is 13.2 Å². The Morgan fingerprint density at radius 1 is 0.970 bits per heavy atom. The quantitative estimate of drug-likeness (QED) is 0.464. The minimum Gasteiger partial charge on any atom is -0.440 e. The zero-order valence-corrected chi connectivity index (χ0v) is 20.2. The molecule has 2 aliphatic heterocycles. The van der Waals surface area contributed by atoms with Crippen LogP contribution in [0.5, 0.6) is 0 Å². The van der Waals surface area contributed by atoms with Gasteiger partial charge in [-0.3, -0.25) is 0 Å². The second kappa shape index (κ2) is 9.21. The molecule has 0 amide bonds. The summed E-state index contributed by atoms with van der Waals surface area (Å²) in [7, 11) is 0. The van der Waals surface area contributed by atoms with E-state index in [1.54, 1.807) is 0 Å². The fraction of sp³-hybridized carbons (Fsp3) is 0.536. The third-order valence-corrected chi connectivity index (χ3v) is 7.17. The largest absolute Gasteiger partial charge is 0.440 e. The van der Waals surface area contributed by atoms with Crippen LogP contribution < -0.4 is 0 Å². The van der Waals surface area contributed by atoms with E-state index in [1.807, 2.05) is 24.3 Å². The lowest BCUT2D eigenvalue weighted by Gasteiger charge is -2.33. The molecule has 5 nitrogen and oxygen atoms in total. The summed E-state index contributed by atoms with van der Waals surface area (Å²) in [6.07, 6.45) is 4.12. The van der Waals surface area contributed by atoms with Gasteiger partial charge in [-0.05, 0) is 62.0 Å². The summed E-state index contributed by atoms with van der Waals surface area (Å²) in [5.41, 5.74) is 4.48. The van der Waals surface area contributed by atoms with Gasteiger partial charge in [-0.15, -0.1) is 0 Å². The summed E-state index contributed by atoms with van der Waals surface area (Å²) < 4.78 is 18.4. The van der Waals surface area contributed by atoms with Crippen molar-refractivity contribution in [3.05, 3.63) is 65.5 Å². The van der Waals surface area contributed by atoms with Gasteiger partial charge >= 0.3 is 0 Å². The van der Waals surface area contributed by atoms with Gasteiger partial charge in [-0.25, -0.2) is 4.98 Å². The van der Waals surface area contributed by atoms with Crippen molar-refractivity contribution >= 4 is 11.1 Å². The summed E-state index contributed by atoms with van der Waals surface area (Å²) in [5, 5.41) is 0. The van der Waals surface area contributed by atoms with Crippen molar-refractivity contribution < 1.29 is 13.9 Å². The van der Waals surface area contributed by atoms with Crippen molar-refractivity contribution in [3.63, 3.8) is 0 Å². The molecule has 0 unspecified atom stereocenters. The molecule has 33 heavy (non-hydrogen) atoms. The standard InChI is InChI=1S/C28H36N2O3/c1-27(2,3)22-9-11-23(12-10-22)28(31-19-20-32-28)15-6-16-30-17-13-21(14-18-30)26-29-24-7-4-5-8-25(24)33-26/h4-5,7-12,21H,6,13-20H2,1-3H3. The van der Waals surface area contributed by atoms with Crippen molar-refractivity contribution in [2.75, 3.05) is 32.8 Å². The highest BCUT2D eigenvalue weighted by Crippen LogP contribution is 2.37. The number of nitrogens with zero attached hydrogens (tertiary/aromatic N) is 2. The molecular formula is C28H36N2O3. The van der Waals surface area contributed by atoms with Gasteiger partial charge in [0.2, 0.25) is 0 Å². The van der Waals surface area contributed by atoms with E-state index in [0.29, 0.717) is 19.1 Å². The minimum absolute atomic E-state index is 0.146. The predicted molar refractivity (Wildman–Crippen MR) is 130 cm³/mol. The number of ether oxygens (including phenoxy) is 2. The Bertz CT molecular complexity index is 1020. The van der Waals surface area contributed by atoms with E-state index < -0.39 is 5.79 Å². The lowest BCUT2D eigenvalue weighted by molar-refractivity contribution is -0.172. The van der Waals surface area contributed by atoms with E-state index in [1.165, 1.54) is 5.56 Å². The maximum atomic E-state index is 6.18. The molecule has 176 valence electrons. The van der Waals surface area contributed by atoms with Crippen LogP contribution in [0.25, 0.3) is 11.1 Å². The first kappa shape index (κ1) is 22.6. The van der Waals surface area contributed by atoms with Gasteiger partial charge < -0.3 is 18.8 Å². The van der Waals surface area contributed by atoms with Crippen molar-refractivity contribution in [1.82, 2.24) is 9.88 Å². The molecular weight excluding hydrogens is 412 g/mol. The van der Waals surface area contributed by atoms with E-state index in [0.717, 1.165) is 67.9 Å². The Kier molecular flexibility index (Phi) is 6.30. The summed E-state index contributed by atoms with van der Waals surface area (Å²) in [5.74, 6) is 0.733. The van der Waals surface area contributed by atoms with Gasteiger partial charge in [-0.1, -0.05) is 57.2 Å². The van der Waals surface area contributed by atoms with E-state index in [2.05, 4.69) is 49.9 Å². The molecule has 3 aromatic rings. The van der Waals surface area contributed by atoms with Crippen molar-refractivity contribution in [3.8, 4) is 0 Å². The number of rotatable bonds is 6. The number of hydrogen-bond acceptors (Lipinski definition) is 5. The molecule has 3 heterocycles. The number of benzene rings is 2. The zero-order valence-electron chi connectivity index (χ0n) is 20.2. The molecule has 2 aliphatic rings. The lowest BCUT2D eigenvalue weighted by Crippen LogP contribution is -2.35. The van der Waals surface area contributed by atoms with Crippen LogP contribution in [0.3, 0.4) is 0 Å². The van der Waals surface area contributed by atoms with E-state index in [9.17, 15) is 0 Å². The molecule has 5 heteroatoms. The second-order valence-electron chi connectivity index (χ2n) is 10.5. The van der Waals surface area contributed by atoms with Crippen molar-refractivity contribution in [2.24, 2.45) is 0 Å². The van der Waals surface area contributed by atoms with Crippen LogP contribution in [0.15, 0.2) is 52.9 Å². The maximum Gasteiger partial charge on any atom is 0.198 e. The maximum absolute atomic E-state index is 6.18. The summed E-state index contributed by atoms with van der Waals surface area (Å²) in [6, 6.07) is 16.9. The van der Waals surface area contributed by atoms with Crippen LogP contribution in [-0.4, -0.2) is 42.7 Å². The molecule has 0 atom stereocenters. The first-order valence-electron chi connectivity index (χ1n) is 12.4. The average Bonchev–Trinajstić information content (AvgIpc) is 3.47. The van der Waals surface area contributed by atoms with Crippen LogP contribution in [0.2, 0.25) is 0 Å². The number of oxazole rings is 1. The van der Waals surface area contributed by atoms with Gasteiger partial charge in [0.1, 0.15) is 5.52 Å². The van der Waals surface area contributed by atoms with Crippen LogP contribution in [0.4, 0.5) is 0 Å². The highest BCUT2D eigenvalue weighted by atomic mass is 16.7. The number of hydrogen-bond donors (Lipinski definition) is 0. The first-order chi connectivity index (χ1) is 15.9. The van der Waals surface area contributed by atoms with Crippen LogP contribution in [0.1, 0.15) is 69.4 Å². The number of aromatic nitrogens is 1. The number of fused-ring (bicyclic) bond motifs is 1. The Balaban J connectivity index is 1.15. The Morgan fingerprint density at radius 2 is 1.67 bits per heavy atom. The van der Waals surface area contributed by atoms with Gasteiger partial charge in [0, 0.05) is 17.9 Å². The number of likely N-dealkylation sites (tertiary alicyclic amines) is 1. The normalized spacial score (nSPS) is 20.0. The fourth-order valence-electron chi connectivity index (χ4n) is 5.14. The fourth-order valence-corrected chi connectivity index (χ4v) is 5.14. The summed E-state index contributed by atoms with van der Waals surface area (Å²) in [6.45, 7) is 11.3. The van der Waals surface area contributed by atoms with Gasteiger partial charge in [0.25, 0.3) is 0 Å². The van der Waals surface area contributed by atoms with Gasteiger partial charge in [-0.2, -0.15) is 0 Å². The third kappa shape index (κ3) is 4.86. The highest BCUT2D eigenvalue weighted by molar-refractivity contribution is 5.72. The molecule has 1 aromatic heterocycles. The second-order valence-corrected chi connectivity index (χ2v) is 10.5.